The fourth-order valence-electron chi connectivity index (χ4n) is 2.42. The molecule has 6 heteroatoms. The molecular weight excluding hydrogens is 297 g/mol. The first-order chi connectivity index (χ1) is 11.3. The average molecular weight is 313 g/mol. The molecule has 0 aliphatic heterocycles. The van der Waals surface area contributed by atoms with Crippen LogP contribution < -0.4 is 4.74 Å². The van der Waals surface area contributed by atoms with Gasteiger partial charge in [0.2, 0.25) is 0 Å². The van der Waals surface area contributed by atoms with Gasteiger partial charge < -0.3 is 9.84 Å². The standard InChI is InChI=1S/C17H16FN3O2/c1-2-23-16-10-6-5-9-15(16)21-17(14(11-22)19-20-21)12-7-3-4-8-13(12)18/h3-10,22H,2,11H2,1H3. The Morgan fingerprint density at radius 3 is 2.61 bits per heavy atom. The summed E-state index contributed by atoms with van der Waals surface area (Å²) >= 11 is 0. The Balaban J connectivity index is 2.23. The molecule has 2 aromatic carbocycles. The summed E-state index contributed by atoms with van der Waals surface area (Å²) in [7, 11) is 0. The summed E-state index contributed by atoms with van der Waals surface area (Å²) < 4.78 is 21.3. The van der Waals surface area contributed by atoms with Gasteiger partial charge in [-0.1, -0.05) is 29.5 Å². The fourth-order valence-corrected chi connectivity index (χ4v) is 2.42. The Labute approximate surface area is 133 Å². The highest BCUT2D eigenvalue weighted by Crippen LogP contribution is 2.31. The largest absolute Gasteiger partial charge is 0.492 e. The molecule has 1 N–H and O–H groups in total. The molecule has 0 aliphatic carbocycles. The van der Waals surface area contributed by atoms with Crippen LogP contribution in [0.1, 0.15) is 12.6 Å². The highest BCUT2D eigenvalue weighted by atomic mass is 19.1. The highest BCUT2D eigenvalue weighted by molar-refractivity contribution is 5.66. The lowest BCUT2D eigenvalue weighted by Crippen LogP contribution is -2.05. The van der Waals surface area contributed by atoms with Crippen LogP contribution in [0, 0.1) is 5.82 Å². The Bertz CT molecular complexity index is 817. The second-order valence-electron chi connectivity index (χ2n) is 4.84. The first-order valence-electron chi connectivity index (χ1n) is 7.28. The van der Waals surface area contributed by atoms with Crippen LogP contribution in [0.5, 0.6) is 5.75 Å². The van der Waals surface area contributed by atoms with Crippen LogP contribution in [0.25, 0.3) is 16.9 Å². The third-order valence-electron chi connectivity index (χ3n) is 3.41. The van der Waals surface area contributed by atoms with Gasteiger partial charge in [0.1, 0.15) is 28.6 Å². The van der Waals surface area contributed by atoms with Crippen LogP contribution in [-0.4, -0.2) is 26.7 Å². The number of aromatic nitrogens is 3. The number of nitrogens with zero attached hydrogens (tertiary/aromatic N) is 3. The molecule has 1 heterocycles. The van der Waals surface area contributed by atoms with Crippen molar-refractivity contribution in [2.75, 3.05) is 6.61 Å². The van der Waals surface area contributed by atoms with E-state index >= 15 is 0 Å². The third-order valence-corrected chi connectivity index (χ3v) is 3.41. The highest BCUT2D eigenvalue weighted by Gasteiger charge is 2.20. The fraction of sp³-hybridized carbons (Fsp3) is 0.176. The molecular formula is C17H16FN3O2. The van der Waals surface area contributed by atoms with Gasteiger partial charge in [-0.15, -0.1) is 5.10 Å². The van der Waals surface area contributed by atoms with Gasteiger partial charge in [-0.25, -0.2) is 9.07 Å². The Hall–Kier alpha value is -2.73. The molecule has 0 unspecified atom stereocenters. The van der Waals surface area contributed by atoms with Crippen LogP contribution in [0.2, 0.25) is 0 Å². The molecule has 23 heavy (non-hydrogen) atoms. The maximum Gasteiger partial charge on any atom is 0.145 e. The molecule has 0 bridgehead atoms. The van der Waals surface area contributed by atoms with E-state index in [4.69, 9.17) is 4.74 Å². The van der Waals surface area contributed by atoms with Gasteiger partial charge >= 0.3 is 0 Å². The van der Waals surface area contributed by atoms with E-state index in [0.717, 1.165) is 0 Å². The average Bonchev–Trinajstić information content (AvgIpc) is 3.00. The smallest absolute Gasteiger partial charge is 0.145 e. The number of ether oxygens (including phenoxy) is 1. The van der Waals surface area contributed by atoms with Gasteiger partial charge in [0.15, 0.2) is 0 Å². The SMILES string of the molecule is CCOc1ccccc1-n1nnc(CO)c1-c1ccccc1F. The molecule has 0 spiro atoms. The lowest BCUT2D eigenvalue weighted by atomic mass is 10.1. The Morgan fingerprint density at radius 2 is 1.87 bits per heavy atom. The minimum atomic E-state index is -0.403. The first-order valence-corrected chi connectivity index (χ1v) is 7.28. The molecule has 0 saturated heterocycles. The quantitative estimate of drug-likeness (QED) is 0.787. The normalized spacial score (nSPS) is 10.7. The van der Waals surface area contributed by atoms with Crippen molar-refractivity contribution in [2.45, 2.75) is 13.5 Å². The number of aliphatic hydroxyl groups excluding tert-OH is 1. The van der Waals surface area contributed by atoms with Crippen molar-refractivity contribution in [1.29, 1.82) is 0 Å². The molecule has 0 fully saturated rings. The van der Waals surface area contributed by atoms with Crippen LogP contribution in [0.3, 0.4) is 0 Å². The Kier molecular flexibility index (Phi) is 4.34. The molecule has 0 atom stereocenters. The number of halogens is 1. The van der Waals surface area contributed by atoms with Gasteiger partial charge in [-0.3, -0.25) is 0 Å². The second kappa shape index (κ2) is 6.58. The molecule has 3 aromatic rings. The van der Waals surface area contributed by atoms with Crippen molar-refractivity contribution >= 4 is 0 Å². The van der Waals surface area contributed by atoms with Gasteiger partial charge in [-0.05, 0) is 31.2 Å². The van der Waals surface area contributed by atoms with E-state index in [1.54, 1.807) is 18.2 Å². The topological polar surface area (TPSA) is 60.2 Å². The van der Waals surface area contributed by atoms with E-state index < -0.39 is 5.82 Å². The number of benzene rings is 2. The third kappa shape index (κ3) is 2.80. The number of rotatable bonds is 5. The van der Waals surface area contributed by atoms with Gasteiger partial charge in [-0.2, -0.15) is 0 Å². The van der Waals surface area contributed by atoms with E-state index in [1.807, 2.05) is 31.2 Å². The van der Waals surface area contributed by atoms with Crippen molar-refractivity contribution in [3.05, 3.63) is 60.0 Å². The summed E-state index contributed by atoms with van der Waals surface area (Å²) in [5.74, 6) is 0.210. The van der Waals surface area contributed by atoms with Crippen LogP contribution in [0.15, 0.2) is 48.5 Å². The summed E-state index contributed by atoms with van der Waals surface area (Å²) in [4.78, 5) is 0. The minimum Gasteiger partial charge on any atom is -0.492 e. The summed E-state index contributed by atoms with van der Waals surface area (Å²) in [6.07, 6.45) is 0. The summed E-state index contributed by atoms with van der Waals surface area (Å²) in [6, 6.07) is 13.6. The van der Waals surface area contributed by atoms with Crippen molar-refractivity contribution in [3.8, 4) is 22.7 Å². The van der Waals surface area contributed by atoms with Crippen molar-refractivity contribution in [2.24, 2.45) is 0 Å². The molecule has 5 nitrogen and oxygen atoms in total. The predicted molar refractivity (Wildman–Crippen MR) is 83.8 cm³/mol. The van der Waals surface area contributed by atoms with Gasteiger partial charge in [0.05, 0.1) is 13.2 Å². The van der Waals surface area contributed by atoms with Crippen molar-refractivity contribution in [3.63, 3.8) is 0 Å². The number of hydrogen-bond donors (Lipinski definition) is 1. The molecule has 1 aromatic heterocycles. The molecule has 0 aliphatic rings. The lowest BCUT2D eigenvalue weighted by molar-refractivity contribution is 0.277. The molecule has 118 valence electrons. The van der Waals surface area contributed by atoms with E-state index in [1.165, 1.54) is 10.7 Å². The number of para-hydroxylation sites is 2. The molecule has 0 saturated carbocycles. The zero-order valence-electron chi connectivity index (χ0n) is 12.6. The minimum absolute atomic E-state index is 0.307. The van der Waals surface area contributed by atoms with Gasteiger partial charge in [0.25, 0.3) is 0 Å². The second-order valence-corrected chi connectivity index (χ2v) is 4.84. The van der Waals surface area contributed by atoms with Crippen LogP contribution in [0.4, 0.5) is 4.39 Å². The molecule has 0 amide bonds. The van der Waals surface area contributed by atoms with Crippen LogP contribution >= 0.6 is 0 Å². The predicted octanol–water partition coefficient (Wildman–Crippen LogP) is 2.96. The maximum absolute atomic E-state index is 14.2. The summed E-state index contributed by atoms with van der Waals surface area (Å²) in [5.41, 5.74) is 1.69. The number of hydrogen-bond acceptors (Lipinski definition) is 4. The monoisotopic (exact) mass is 313 g/mol. The van der Waals surface area contributed by atoms with Gasteiger partial charge in [0, 0.05) is 5.56 Å². The summed E-state index contributed by atoms with van der Waals surface area (Å²) in [6.45, 7) is 2.04. The molecule has 3 rings (SSSR count). The van der Waals surface area contributed by atoms with E-state index in [-0.39, 0.29) is 6.61 Å². The van der Waals surface area contributed by atoms with Crippen molar-refractivity contribution in [1.82, 2.24) is 15.0 Å². The van der Waals surface area contributed by atoms with E-state index in [9.17, 15) is 9.50 Å². The zero-order valence-corrected chi connectivity index (χ0v) is 12.6. The first kappa shape index (κ1) is 15.2. The summed E-state index contributed by atoms with van der Waals surface area (Å²) in [5, 5.41) is 17.6. The van der Waals surface area contributed by atoms with E-state index in [0.29, 0.717) is 35.0 Å². The zero-order chi connectivity index (χ0) is 16.2. The van der Waals surface area contributed by atoms with Crippen LogP contribution in [-0.2, 0) is 6.61 Å². The Morgan fingerprint density at radius 1 is 1.13 bits per heavy atom. The van der Waals surface area contributed by atoms with E-state index in [2.05, 4.69) is 10.3 Å². The number of aliphatic hydroxyl groups is 1. The maximum atomic E-state index is 14.2. The molecule has 0 radical (unpaired) electrons. The van der Waals surface area contributed by atoms with Crippen molar-refractivity contribution < 1.29 is 14.2 Å². The lowest BCUT2D eigenvalue weighted by Gasteiger charge is -2.13.